The number of hydrogen-bond donors (Lipinski definition) is 2. The molecule has 20 heavy (non-hydrogen) atoms. The normalized spacial score (nSPS) is 11.7. The van der Waals surface area contributed by atoms with Crippen molar-refractivity contribution in [1.82, 2.24) is 9.71 Å². The van der Waals surface area contributed by atoms with Gasteiger partial charge >= 0.3 is 0 Å². The summed E-state index contributed by atoms with van der Waals surface area (Å²) in [5.74, 6) is -0.789. The van der Waals surface area contributed by atoms with Crippen LogP contribution < -0.4 is 10.5 Å². The van der Waals surface area contributed by atoms with Crippen LogP contribution >= 0.6 is 11.3 Å². The van der Waals surface area contributed by atoms with Crippen LogP contribution in [-0.2, 0) is 23.0 Å². The average Bonchev–Trinajstić information content (AvgIpc) is 2.92. The standard InChI is InChI=1S/C12H14FN3O2S2/c13-11-2-1-9(6-14)5-12(11)20(17,18)16-4-3-10-7-19-8-15-10/h1-2,5,7-8,16H,3-4,6,14H2. The summed E-state index contributed by atoms with van der Waals surface area (Å²) in [6.07, 6.45) is 0.459. The van der Waals surface area contributed by atoms with Crippen LogP contribution in [0.15, 0.2) is 34.0 Å². The van der Waals surface area contributed by atoms with Crippen molar-refractivity contribution in [2.24, 2.45) is 5.73 Å². The molecule has 0 aliphatic rings. The number of nitrogens with two attached hydrogens (primary N) is 1. The van der Waals surface area contributed by atoms with Crippen LogP contribution in [0.4, 0.5) is 4.39 Å². The van der Waals surface area contributed by atoms with Crippen LogP contribution in [0.3, 0.4) is 0 Å². The molecule has 5 nitrogen and oxygen atoms in total. The van der Waals surface area contributed by atoms with Gasteiger partial charge in [0.2, 0.25) is 10.0 Å². The van der Waals surface area contributed by atoms with Crippen LogP contribution in [0.5, 0.6) is 0 Å². The first-order chi connectivity index (χ1) is 9.53. The lowest BCUT2D eigenvalue weighted by Gasteiger charge is -2.08. The molecule has 0 saturated carbocycles. The Kier molecular flexibility index (Phi) is 4.81. The minimum atomic E-state index is -3.88. The van der Waals surface area contributed by atoms with Gasteiger partial charge in [0.1, 0.15) is 10.7 Å². The van der Waals surface area contributed by atoms with E-state index in [0.29, 0.717) is 12.0 Å². The molecule has 2 aromatic rings. The maximum atomic E-state index is 13.6. The van der Waals surface area contributed by atoms with Gasteiger partial charge in [0, 0.05) is 24.9 Å². The van der Waals surface area contributed by atoms with Crippen molar-refractivity contribution in [3.63, 3.8) is 0 Å². The van der Waals surface area contributed by atoms with Gasteiger partial charge in [-0.2, -0.15) is 0 Å². The fourth-order valence-corrected chi connectivity index (χ4v) is 3.38. The number of benzene rings is 1. The van der Waals surface area contributed by atoms with E-state index in [9.17, 15) is 12.8 Å². The number of nitrogens with zero attached hydrogens (tertiary/aromatic N) is 1. The topological polar surface area (TPSA) is 85.1 Å². The Hall–Kier alpha value is -1.35. The fraction of sp³-hybridized carbons (Fsp3) is 0.250. The SMILES string of the molecule is NCc1ccc(F)c(S(=O)(=O)NCCc2cscn2)c1. The van der Waals surface area contributed by atoms with Gasteiger partial charge in [0.25, 0.3) is 0 Å². The van der Waals surface area contributed by atoms with Gasteiger partial charge in [-0.3, -0.25) is 0 Å². The molecular weight excluding hydrogens is 301 g/mol. The largest absolute Gasteiger partial charge is 0.326 e. The summed E-state index contributed by atoms with van der Waals surface area (Å²) in [5, 5.41) is 1.84. The van der Waals surface area contributed by atoms with Crippen LogP contribution in [0.25, 0.3) is 0 Å². The van der Waals surface area contributed by atoms with Crippen molar-refractivity contribution in [1.29, 1.82) is 0 Å². The summed E-state index contributed by atoms with van der Waals surface area (Å²) in [5.41, 5.74) is 8.47. The third kappa shape index (κ3) is 3.60. The third-order valence-electron chi connectivity index (χ3n) is 2.68. The second kappa shape index (κ2) is 6.40. The van der Waals surface area contributed by atoms with E-state index in [1.165, 1.54) is 23.5 Å². The van der Waals surface area contributed by atoms with Gasteiger partial charge in [0.05, 0.1) is 11.2 Å². The first kappa shape index (κ1) is 15.0. The van der Waals surface area contributed by atoms with E-state index in [1.54, 1.807) is 5.51 Å². The number of aromatic nitrogens is 1. The highest BCUT2D eigenvalue weighted by Gasteiger charge is 2.19. The molecule has 1 aromatic heterocycles. The zero-order valence-corrected chi connectivity index (χ0v) is 12.2. The summed E-state index contributed by atoms with van der Waals surface area (Å²) in [6, 6.07) is 3.82. The molecule has 3 N–H and O–H groups in total. The molecule has 2 rings (SSSR count). The predicted octanol–water partition coefficient (Wildman–Crippen LogP) is 1.26. The molecule has 0 atom stereocenters. The van der Waals surface area contributed by atoms with E-state index in [4.69, 9.17) is 5.73 Å². The smallest absolute Gasteiger partial charge is 0.243 e. The molecule has 0 bridgehead atoms. The zero-order valence-electron chi connectivity index (χ0n) is 10.5. The molecule has 0 unspecified atom stereocenters. The van der Waals surface area contributed by atoms with E-state index in [0.717, 1.165) is 11.8 Å². The number of nitrogens with one attached hydrogen (secondary N) is 1. The lowest BCUT2D eigenvalue weighted by molar-refractivity contribution is 0.556. The van der Waals surface area contributed by atoms with Crippen LogP contribution in [0, 0.1) is 5.82 Å². The monoisotopic (exact) mass is 315 g/mol. The van der Waals surface area contributed by atoms with Gasteiger partial charge < -0.3 is 5.73 Å². The molecule has 0 amide bonds. The highest BCUT2D eigenvalue weighted by Crippen LogP contribution is 2.16. The molecule has 108 valence electrons. The first-order valence-corrected chi connectivity index (χ1v) is 8.31. The van der Waals surface area contributed by atoms with E-state index in [1.807, 2.05) is 5.38 Å². The minimum Gasteiger partial charge on any atom is -0.326 e. The lowest BCUT2D eigenvalue weighted by atomic mass is 10.2. The van der Waals surface area contributed by atoms with Crippen LogP contribution in [-0.4, -0.2) is 19.9 Å². The van der Waals surface area contributed by atoms with Crippen LogP contribution in [0.2, 0.25) is 0 Å². The number of halogens is 1. The van der Waals surface area contributed by atoms with Crippen molar-refractivity contribution in [3.8, 4) is 0 Å². The quantitative estimate of drug-likeness (QED) is 0.840. The highest BCUT2D eigenvalue weighted by molar-refractivity contribution is 7.89. The fourth-order valence-electron chi connectivity index (χ4n) is 1.63. The van der Waals surface area contributed by atoms with Gasteiger partial charge in [-0.1, -0.05) is 6.07 Å². The Morgan fingerprint density at radius 3 is 2.85 bits per heavy atom. The molecule has 0 spiro atoms. The van der Waals surface area contributed by atoms with E-state index >= 15 is 0 Å². The maximum Gasteiger partial charge on any atom is 0.243 e. The summed E-state index contributed by atoms with van der Waals surface area (Å²) in [4.78, 5) is 3.67. The number of sulfonamides is 1. The van der Waals surface area contributed by atoms with E-state index in [-0.39, 0.29) is 18.0 Å². The molecule has 1 aromatic carbocycles. The first-order valence-electron chi connectivity index (χ1n) is 5.88. The second-order valence-corrected chi connectivity index (χ2v) is 6.55. The Labute approximate surface area is 120 Å². The van der Waals surface area contributed by atoms with Crippen molar-refractivity contribution in [2.75, 3.05) is 6.54 Å². The van der Waals surface area contributed by atoms with Crippen molar-refractivity contribution in [3.05, 3.63) is 46.2 Å². The third-order valence-corrected chi connectivity index (χ3v) is 4.79. The molecule has 0 radical (unpaired) electrons. The zero-order chi connectivity index (χ0) is 14.6. The van der Waals surface area contributed by atoms with Gasteiger partial charge in [-0.05, 0) is 17.7 Å². The molecule has 0 aliphatic carbocycles. The summed E-state index contributed by atoms with van der Waals surface area (Å²) < 4.78 is 40.1. The molecule has 1 heterocycles. The Morgan fingerprint density at radius 1 is 1.40 bits per heavy atom. The van der Waals surface area contributed by atoms with E-state index in [2.05, 4.69) is 9.71 Å². The highest BCUT2D eigenvalue weighted by atomic mass is 32.2. The number of thiazole rings is 1. The minimum absolute atomic E-state index is 0.154. The molecule has 0 saturated heterocycles. The van der Waals surface area contributed by atoms with Gasteiger partial charge in [0.15, 0.2) is 0 Å². The maximum absolute atomic E-state index is 13.6. The Bertz CT molecular complexity index is 672. The molecule has 0 aliphatic heterocycles. The van der Waals surface area contributed by atoms with Gasteiger partial charge in [-0.25, -0.2) is 22.5 Å². The Morgan fingerprint density at radius 2 is 2.20 bits per heavy atom. The summed E-state index contributed by atoms with van der Waals surface area (Å²) in [7, 11) is -3.88. The predicted molar refractivity (Wildman–Crippen MR) is 75.3 cm³/mol. The Balaban J connectivity index is 2.09. The van der Waals surface area contributed by atoms with Crippen LogP contribution in [0.1, 0.15) is 11.3 Å². The number of hydrogen-bond acceptors (Lipinski definition) is 5. The van der Waals surface area contributed by atoms with E-state index < -0.39 is 15.8 Å². The number of rotatable bonds is 6. The average molecular weight is 315 g/mol. The van der Waals surface area contributed by atoms with Gasteiger partial charge in [-0.15, -0.1) is 11.3 Å². The summed E-state index contributed by atoms with van der Waals surface area (Å²) in [6.45, 7) is 0.319. The lowest BCUT2D eigenvalue weighted by Crippen LogP contribution is -2.27. The molecular formula is C12H14FN3O2S2. The van der Waals surface area contributed by atoms with Crippen molar-refractivity contribution >= 4 is 21.4 Å². The van der Waals surface area contributed by atoms with Crippen molar-refractivity contribution in [2.45, 2.75) is 17.9 Å². The van der Waals surface area contributed by atoms with Crippen molar-refractivity contribution < 1.29 is 12.8 Å². The molecule has 0 fully saturated rings. The second-order valence-electron chi connectivity index (χ2n) is 4.10. The molecule has 8 heteroatoms. The summed E-state index contributed by atoms with van der Waals surface area (Å²) >= 11 is 1.44.